The summed E-state index contributed by atoms with van der Waals surface area (Å²) in [4.78, 5) is 36.7. The highest BCUT2D eigenvalue weighted by Gasteiger charge is 2.61. The Morgan fingerprint density at radius 1 is 0.914 bits per heavy atom. The van der Waals surface area contributed by atoms with Crippen LogP contribution in [-0.2, 0) is 9.59 Å². The van der Waals surface area contributed by atoms with Gasteiger partial charge in [0.15, 0.2) is 0 Å². The maximum absolute atomic E-state index is 12.9. The SMILES string of the molecule is C[C@]12C[C@H](NC(=O)c3ccccc3)CC[C@@H]1CC[C@@H]1[C@H]2CC[C@]2(C)[C@@H](C(=O)NCC(=O)O)CC[C@H]12. The van der Waals surface area contributed by atoms with Gasteiger partial charge in [0.05, 0.1) is 0 Å². The number of hydrogen-bond donors (Lipinski definition) is 3. The van der Waals surface area contributed by atoms with Crippen LogP contribution in [0.5, 0.6) is 0 Å². The zero-order chi connectivity index (χ0) is 24.8. The zero-order valence-electron chi connectivity index (χ0n) is 21.1. The quantitative estimate of drug-likeness (QED) is 0.572. The van der Waals surface area contributed by atoms with Crippen molar-refractivity contribution in [3.05, 3.63) is 35.9 Å². The molecule has 0 aliphatic heterocycles. The van der Waals surface area contributed by atoms with Crippen molar-refractivity contribution in [2.75, 3.05) is 6.54 Å². The minimum atomic E-state index is -0.987. The summed E-state index contributed by atoms with van der Waals surface area (Å²) in [6.45, 7) is 4.49. The highest BCUT2D eigenvalue weighted by Crippen LogP contribution is 2.67. The Labute approximate surface area is 208 Å². The minimum Gasteiger partial charge on any atom is -0.480 e. The van der Waals surface area contributed by atoms with E-state index in [1.807, 2.05) is 30.3 Å². The van der Waals surface area contributed by atoms with Gasteiger partial charge in [-0.25, -0.2) is 0 Å². The lowest BCUT2D eigenvalue weighted by atomic mass is 9.44. The molecule has 4 aliphatic carbocycles. The average molecular weight is 481 g/mol. The summed E-state index contributed by atoms with van der Waals surface area (Å²) in [5.74, 6) is 1.39. The van der Waals surface area contributed by atoms with E-state index in [0.717, 1.165) is 44.1 Å². The number of amides is 2. The lowest BCUT2D eigenvalue weighted by Crippen LogP contribution is -2.56. The second-order valence-electron chi connectivity index (χ2n) is 12.3. The van der Waals surface area contributed by atoms with Crippen molar-refractivity contribution < 1.29 is 19.5 Å². The summed E-state index contributed by atoms with van der Waals surface area (Å²) in [6, 6.07) is 9.73. The van der Waals surface area contributed by atoms with Gasteiger partial charge in [-0.3, -0.25) is 14.4 Å². The topological polar surface area (TPSA) is 95.5 Å². The van der Waals surface area contributed by atoms with Crippen LogP contribution in [0.1, 0.15) is 82.0 Å². The van der Waals surface area contributed by atoms with Gasteiger partial charge >= 0.3 is 5.97 Å². The summed E-state index contributed by atoms with van der Waals surface area (Å²) in [5.41, 5.74) is 0.913. The summed E-state index contributed by atoms with van der Waals surface area (Å²) in [7, 11) is 0. The lowest BCUT2D eigenvalue weighted by Gasteiger charge is -2.61. The molecule has 4 saturated carbocycles. The highest BCUT2D eigenvalue weighted by atomic mass is 16.4. The van der Waals surface area contributed by atoms with Crippen molar-refractivity contribution in [2.24, 2.45) is 40.4 Å². The monoisotopic (exact) mass is 480 g/mol. The number of carbonyl (C=O) groups excluding carboxylic acids is 2. The van der Waals surface area contributed by atoms with Crippen LogP contribution in [0.15, 0.2) is 30.3 Å². The van der Waals surface area contributed by atoms with Crippen LogP contribution in [0.3, 0.4) is 0 Å². The first kappa shape index (κ1) is 24.3. The van der Waals surface area contributed by atoms with E-state index in [9.17, 15) is 14.4 Å². The number of benzene rings is 1. The summed E-state index contributed by atoms with van der Waals surface area (Å²) >= 11 is 0. The van der Waals surface area contributed by atoms with Crippen molar-refractivity contribution in [3.8, 4) is 0 Å². The standard InChI is InChI=1S/C29H40N2O4/c1-28-15-14-23-21(22(28)12-13-24(28)27(35)30-17-25(32)33)11-9-19-8-10-20(16-29(19,23)2)31-26(34)18-6-4-3-5-7-18/h3-7,19-24H,8-17H2,1-2H3,(H,30,35)(H,31,34)(H,32,33)/t19-,20-,21+,22-,23-,24-,28+,29+/m1/s1. The van der Waals surface area contributed by atoms with Crippen LogP contribution in [0, 0.1) is 40.4 Å². The molecule has 2 amide bonds. The van der Waals surface area contributed by atoms with Crippen molar-refractivity contribution in [2.45, 2.75) is 77.7 Å². The first-order valence-electron chi connectivity index (χ1n) is 13.6. The van der Waals surface area contributed by atoms with E-state index in [4.69, 9.17) is 5.11 Å². The molecule has 0 aromatic heterocycles. The molecular formula is C29H40N2O4. The molecule has 6 nitrogen and oxygen atoms in total. The van der Waals surface area contributed by atoms with Gasteiger partial charge in [-0.2, -0.15) is 0 Å². The molecule has 0 spiro atoms. The summed E-state index contributed by atoms with van der Waals surface area (Å²) in [5, 5.41) is 15.0. The molecule has 4 fully saturated rings. The predicted octanol–water partition coefficient (Wildman–Crippen LogP) is 4.64. The van der Waals surface area contributed by atoms with E-state index >= 15 is 0 Å². The largest absolute Gasteiger partial charge is 0.480 e. The molecular weight excluding hydrogens is 440 g/mol. The molecule has 5 rings (SSSR count). The van der Waals surface area contributed by atoms with E-state index in [1.165, 1.54) is 19.3 Å². The fourth-order valence-electron chi connectivity index (χ4n) is 9.06. The van der Waals surface area contributed by atoms with Crippen LogP contribution in [0.2, 0.25) is 0 Å². The van der Waals surface area contributed by atoms with Crippen LogP contribution < -0.4 is 10.6 Å². The van der Waals surface area contributed by atoms with Gasteiger partial charge in [-0.1, -0.05) is 32.0 Å². The van der Waals surface area contributed by atoms with Gasteiger partial charge in [-0.05, 0) is 104 Å². The Morgan fingerprint density at radius 3 is 2.37 bits per heavy atom. The summed E-state index contributed by atoms with van der Waals surface area (Å²) in [6.07, 6.45) is 9.88. The molecule has 0 heterocycles. The molecule has 0 bridgehead atoms. The van der Waals surface area contributed by atoms with Crippen LogP contribution in [-0.4, -0.2) is 35.5 Å². The Morgan fingerprint density at radius 2 is 1.63 bits per heavy atom. The van der Waals surface area contributed by atoms with Crippen molar-refractivity contribution in [1.82, 2.24) is 10.6 Å². The number of carboxylic acid groups (broad SMARTS) is 1. The molecule has 1 aromatic rings. The number of carboxylic acids is 1. The van der Waals surface area contributed by atoms with Crippen LogP contribution in [0.25, 0.3) is 0 Å². The summed E-state index contributed by atoms with van der Waals surface area (Å²) < 4.78 is 0. The van der Waals surface area contributed by atoms with Gasteiger partial charge in [0.1, 0.15) is 6.54 Å². The van der Waals surface area contributed by atoms with Gasteiger partial charge in [0.25, 0.3) is 5.91 Å². The predicted molar refractivity (Wildman–Crippen MR) is 134 cm³/mol. The van der Waals surface area contributed by atoms with Gasteiger partial charge in [-0.15, -0.1) is 0 Å². The zero-order valence-corrected chi connectivity index (χ0v) is 21.1. The molecule has 190 valence electrons. The fourth-order valence-corrected chi connectivity index (χ4v) is 9.06. The molecule has 3 N–H and O–H groups in total. The van der Waals surface area contributed by atoms with E-state index in [1.54, 1.807) is 0 Å². The van der Waals surface area contributed by atoms with Crippen molar-refractivity contribution >= 4 is 17.8 Å². The number of fused-ring (bicyclic) bond motifs is 5. The number of nitrogens with one attached hydrogen (secondary N) is 2. The van der Waals surface area contributed by atoms with Gasteiger partial charge in [0, 0.05) is 17.5 Å². The Kier molecular flexibility index (Phi) is 6.43. The molecule has 0 saturated heterocycles. The third kappa shape index (κ3) is 4.27. The van der Waals surface area contributed by atoms with E-state index < -0.39 is 5.97 Å². The number of carbonyl (C=O) groups is 3. The number of rotatable bonds is 5. The maximum Gasteiger partial charge on any atom is 0.322 e. The van der Waals surface area contributed by atoms with Crippen LogP contribution >= 0.6 is 0 Å². The van der Waals surface area contributed by atoms with Crippen LogP contribution in [0.4, 0.5) is 0 Å². The van der Waals surface area contributed by atoms with Crippen molar-refractivity contribution in [3.63, 3.8) is 0 Å². The third-order valence-electron chi connectivity index (χ3n) is 10.7. The van der Waals surface area contributed by atoms with Crippen molar-refractivity contribution in [1.29, 1.82) is 0 Å². The molecule has 35 heavy (non-hydrogen) atoms. The van der Waals surface area contributed by atoms with E-state index in [0.29, 0.717) is 23.7 Å². The normalized spacial score (nSPS) is 40.1. The molecule has 4 aliphatic rings. The maximum atomic E-state index is 12.9. The first-order chi connectivity index (χ1) is 16.7. The molecule has 1 aromatic carbocycles. The second-order valence-corrected chi connectivity index (χ2v) is 12.3. The smallest absolute Gasteiger partial charge is 0.322 e. The lowest BCUT2D eigenvalue weighted by molar-refractivity contribution is -0.142. The third-order valence-corrected chi connectivity index (χ3v) is 10.7. The second kappa shape index (κ2) is 9.25. The number of aliphatic carboxylic acids is 1. The van der Waals surface area contributed by atoms with Gasteiger partial charge in [0.2, 0.25) is 5.91 Å². The van der Waals surface area contributed by atoms with E-state index in [-0.39, 0.29) is 41.1 Å². The molecule has 8 atom stereocenters. The Bertz CT molecular complexity index is 980. The minimum absolute atomic E-state index is 0.0345. The molecule has 6 heteroatoms. The van der Waals surface area contributed by atoms with E-state index in [2.05, 4.69) is 24.5 Å². The number of hydrogen-bond acceptors (Lipinski definition) is 3. The average Bonchev–Trinajstić information content (AvgIpc) is 3.20. The Hall–Kier alpha value is -2.37. The fraction of sp³-hybridized carbons (Fsp3) is 0.690. The molecule has 0 unspecified atom stereocenters. The Balaban J connectivity index is 1.30. The highest BCUT2D eigenvalue weighted by molar-refractivity contribution is 5.94. The van der Waals surface area contributed by atoms with Gasteiger partial charge < -0.3 is 15.7 Å². The first-order valence-corrected chi connectivity index (χ1v) is 13.6. The molecule has 0 radical (unpaired) electrons.